The number of thiazole rings is 1. The van der Waals surface area contributed by atoms with E-state index in [0.29, 0.717) is 32.8 Å². The molecule has 2 aromatic carbocycles. The minimum atomic E-state index is -0.734. The number of ether oxygens (including phenoxy) is 1. The van der Waals surface area contributed by atoms with E-state index in [1.165, 1.54) is 58.4 Å². The van der Waals surface area contributed by atoms with Crippen molar-refractivity contribution in [3.8, 4) is 17.2 Å². The molecule has 2 N–H and O–H groups in total. The fraction of sp³-hybridized carbons (Fsp3) is 0.133. The first-order valence-electron chi connectivity index (χ1n) is 12.9. The summed E-state index contributed by atoms with van der Waals surface area (Å²) in [5.41, 5.74) is 0.808. The van der Waals surface area contributed by atoms with Crippen molar-refractivity contribution >= 4 is 44.3 Å². The minimum Gasteiger partial charge on any atom is -0.453 e. The lowest BCUT2D eigenvalue weighted by Crippen LogP contribution is -2.28. The molecule has 6 rings (SSSR count). The highest BCUT2D eigenvalue weighted by molar-refractivity contribution is 7.18. The van der Waals surface area contributed by atoms with Crippen LogP contribution in [0.25, 0.3) is 27.1 Å². The summed E-state index contributed by atoms with van der Waals surface area (Å²) in [6, 6.07) is 14.3. The number of nitrogens with one attached hydrogen (secondary N) is 2. The first kappa shape index (κ1) is 26.3. The Balaban J connectivity index is 1.34. The van der Waals surface area contributed by atoms with E-state index in [1.54, 1.807) is 24.5 Å². The molecule has 6 aromatic rings. The van der Waals surface area contributed by atoms with Crippen LogP contribution in [0.3, 0.4) is 0 Å². The van der Waals surface area contributed by atoms with E-state index in [-0.39, 0.29) is 22.9 Å². The highest BCUT2D eigenvalue weighted by Gasteiger charge is 2.22. The number of pyridine rings is 2. The molecule has 1 atom stereocenters. The van der Waals surface area contributed by atoms with Crippen LogP contribution in [0.4, 0.5) is 14.5 Å². The number of rotatable bonds is 7. The Hall–Kier alpha value is -4.90. The Morgan fingerprint density at radius 1 is 1.10 bits per heavy atom. The number of carbonyl (C=O) groups is 1. The molecule has 0 aliphatic rings. The van der Waals surface area contributed by atoms with Gasteiger partial charge in [0.1, 0.15) is 27.6 Å². The van der Waals surface area contributed by atoms with Gasteiger partial charge < -0.3 is 15.0 Å². The van der Waals surface area contributed by atoms with Gasteiger partial charge in [0.2, 0.25) is 0 Å². The van der Waals surface area contributed by atoms with E-state index in [2.05, 4.69) is 20.3 Å². The van der Waals surface area contributed by atoms with E-state index in [4.69, 9.17) is 4.74 Å². The molecule has 0 bridgehead atoms. The first-order chi connectivity index (χ1) is 19.8. The second kappa shape index (κ2) is 10.6. The third-order valence-corrected chi connectivity index (χ3v) is 8.05. The van der Waals surface area contributed by atoms with Crippen molar-refractivity contribution in [1.82, 2.24) is 19.5 Å². The van der Waals surface area contributed by atoms with Crippen LogP contribution >= 0.6 is 11.3 Å². The van der Waals surface area contributed by atoms with Crippen LogP contribution < -0.4 is 15.6 Å². The molecule has 11 heteroatoms. The largest absolute Gasteiger partial charge is 0.453 e. The lowest BCUT2D eigenvalue weighted by molar-refractivity contribution is 0.102. The van der Waals surface area contributed by atoms with Crippen molar-refractivity contribution < 1.29 is 18.3 Å². The maximum atomic E-state index is 15.0. The Bertz CT molecular complexity index is 1980. The van der Waals surface area contributed by atoms with Crippen LogP contribution in [0.2, 0.25) is 0 Å². The van der Waals surface area contributed by atoms with Crippen molar-refractivity contribution in [2.45, 2.75) is 26.2 Å². The molecule has 8 nitrogen and oxygen atoms in total. The number of carbonyl (C=O) groups excluding carboxylic acids is 1. The van der Waals surface area contributed by atoms with Gasteiger partial charge in [0, 0.05) is 30.1 Å². The van der Waals surface area contributed by atoms with E-state index in [1.807, 2.05) is 13.8 Å². The first-order valence-corrected chi connectivity index (χ1v) is 13.7. The van der Waals surface area contributed by atoms with Crippen molar-refractivity contribution in [2.75, 3.05) is 5.32 Å². The number of anilines is 1. The predicted molar refractivity (Wildman–Crippen MR) is 154 cm³/mol. The lowest BCUT2D eigenvalue weighted by Gasteiger charge is -2.12. The van der Waals surface area contributed by atoms with Gasteiger partial charge in [0.15, 0.2) is 11.6 Å². The molecular weight excluding hydrogens is 548 g/mol. The molecule has 0 fully saturated rings. The average molecular weight is 572 g/mol. The van der Waals surface area contributed by atoms with Crippen LogP contribution in [0, 0.1) is 11.6 Å². The van der Waals surface area contributed by atoms with Crippen LogP contribution in [0.15, 0.2) is 77.9 Å². The van der Waals surface area contributed by atoms with Crippen molar-refractivity contribution in [3.05, 3.63) is 106 Å². The molecule has 0 saturated carbocycles. The number of hydrogen-bond acceptors (Lipinski definition) is 6. The van der Waals surface area contributed by atoms with Gasteiger partial charge in [-0.2, -0.15) is 0 Å². The molecule has 4 heterocycles. The zero-order chi connectivity index (χ0) is 28.7. The quantitative estimate of drug-likeness (QED) is 0.212. The van der Waals surface area contributed by atoms with Crippen LogP contribution in [0.1, 0.15) is 41.6 Å². The molecule has 1 amide bonds. The highest BCUT2D eigenvalue weighted by atomic mass is 32.1. The molecule has 0 aliphatic carbocycles. The second-order valence-electron chi connectivity index (χ2n) is 9.48. The van der Waals surface area contributed by atoms with E-state index in [0.717, 1.165) is 17.5 Å². The number of nitrogens with zero attached hydrogens (tertiary/aromatic N) is 3. The van der Waals surface area contributed by atoms with Gasteiger partial charge in [0.25, 0.3) is 11.5 Å². The minimum absolute atomic E-state index is 0.0446. The Morgan fingerprint density at radius 3 is 2.66 bits per heavy atom. The fourth-order valence-electron chi connectivity index (χ4n) is 4.38. The molecule has 1 unspecified atom stereocenters. The zero-order valence-electron chi connectivity index (χ0n) is 21.9. The van der Waals surface area contributed by atoms with E-state index in [9.17, 15) is 14.0 Å². The van der Waals surface area contributed by atoms with Crippen molar-refractivity contribution in [2.24, 2.45) is 0 Å². The summed E-state index contributed by atoms with van der Waals surface area (Å²) >= 11 is 1.36. The maximum absolute atomic E-state index is 15.0. The summed E-state index contributed by atoms with van der Waals surface area (Å²) in [5.74, 6) is -1.38. The third kappa shape index (κ3) is 4.95. The van der Waals surface area contributed by atoms with E-state index < -0.39 is 23.1 Å². The van der Waals surface area contributed by atoms with Crippen LogP contribution in [-0.2, 0) is 0 Å². The molecule has 41 heavy (non-hydrogen) atoms. The average Bonchev–Trinajstić information content (AvgIpc) is 3.62. The number of aromatic nitrogens is 4. The summed E-state index contributed by atoms with van der Waals surface area (Å²) in [4.78, 5) is 39.4. The van der Waals surface area contributed by atoms with Gasteiger partial charge in [-0.25, -0.2) is 18.7 Å². The normalized spacial score (nSPS) is 12.1. The second-order valence-corrected chi connectivity index (χ2v) is 10.5. The van der Waals surface area contributed by atoms with Gasteiger partial charge in [-0.15, -0.1) is 0 Å². The molecule has 4 aromatic heterocycles. The smallest absolute Gasteiger partial charge is 0.269 e. The number of aromatic amines is 1. The molecule has 0 saturated heterocycles. The fourth-order valence-corrected chi connectivity index (χ4v) is 5.58. The third-order valence-electron chi connectivity index (χ3n) is 6.76. The topological polar surface area (TPSA) is 102 Å². The number of H-pyrrole nitrogens is 1. The Morgan fingerprint density at radius 2 is 1.90 bits per heavy atom. The van der Waals surface area contributed by atoms with Crippen molar-refractivity contribution in [1.29, 1.82) is 0 Å². The van der Waals surface area contributed by atoms with Gasteiger partial charge in [-0.05, 0) is 61.0 Å². The number of benzene rings is 2. The number of fused-ring (bicyclic) bond motifs is 2. The molecule has 0 radical (unpaired) electrons. The van der Waals surface area contributed by atoms with Gasteiger partial charge >= 0.3 is 0 Å². The monoisotopic (exact) mass is 571 g/mol. The van der Waals surface area contributed by atoms with Gasteiger partial charge in [0.05, 0.1) is 21.6 Å². The Labute approximate surface area is 236 Å². The Kier molecular flexibility index (Phi) is 6.80. The van der Waals surface area contributed by atoms with E-state index >= 15 is 4.39 Å². The predicted octanol–water partition coefficient (Wildman–Crippen LogP) is 7.16. The number of hydrogen-bond donors (Lipinski definition) is 2. The standard InChI is InChI=1S/C30H23F2N5O3S/c1-3-16(2)28-36-23-15-21(29(39)37(30(23)41-28)19-7-4-17(31)5-8-19)27(38)35-18-6-9-25(22(32)14-18)40-24-11-13-34-26-20(24)10-12-33-26/h4-16H,3H2,1-2H3,(H,33,34)(H,35,38). The summed E-state index contributed by atoms with van der Waals surface area (Å²) in [5, 5.41) is 4.11. The van der Waals surface area contributed by atoms with Gasteiger partial charge in [-0.1, -0.05) is 25.2 Å². The van der Waals surface area contributed by atoms with Crippen molar-refractivity contribution in [3.63, 3.8) is 0 Å². The van der Waals surface area contributed by atoms with Crippen LogP contribution in [-0.4, -0.2) is 25.4 Å². The molecule has 0 aliphatic heterocycles. The maximum Gasteiger partial charge on any atom is 0.269 e. The highest BCUT2D eigenvalue weighted by Crippen LogP contribution is 2.32. The van der Waals surface area contributed by atoms with Gasteiger partial charge in [-0.3, -0.25) is 14.2 Å². The number of halogens is 2. The summed E-state index contributed by atoms with van der Waals surface area (Å²) in [7, 11) is 0. The zero-order valence-corrected chi connectivity index (χ0v) is 22.8. The lowest BCUT2D eigenvalue weighted by atomic mass is 10.1. The summed E-state index contributed by atoms with van der Waals surface area (Å²) in [6.45, 7) is 4.07. The molecular formula is C30H23F2N5O3S. The molecule has 206 valence electrons. The summed E-state index contributed by atoms with van der Waals surface area (Å²) < 4.78 is 35.8. The SMILES string of the molecule is CCC(C)c1nc2cc(C(=O)Nc3ccc(Oc4ccnc5[nH]ccc45)c(F)c3)c(=O)n(-c3ccc(F)cc3)c2s1. The van der Waals surface area contributed by atoms with Crippen LogP contribution in [0.5, 0.6) is 11.5 Å². The molecule has 0 spiro atoms. The number of amides is 1. The summed E-state index contributed by atoms with van der Waals surface area (Å²) in [6.07, 6.45) is 4.10.